The zero-order valence-electron chi connectivity index (χ0n) is 14.9. The molecule has 5 N–H and O–H groups in total. The zero-order chi connectivity index (χ0) is 19.2. The average Bonchev–Trinajstić information content (AvgIpc) is 3.02. The Hall–Kier alpha value is -2.84. The monoisotopic (exact) mass is 372 g/mol. The van der Waals surface area contributed by atoms with Gasteiger partial charge in [0.25, 0.3) is 0 Å². The second-order valence-electron chi connectivity index (χ2n) is 6.39. The number of rotatable bonds is 9. The molecule has 0 saturated carbocycles. The molecule has 0 bridgehead atoms. The van der Waals surface area contributed by atoms with E-state index < -0.39 is 12.1 Å². The number of aliphatic hydroxyl groups is 1. The minimum absolute atomic E-state index is 0.00341. The van der Waals surface area contributed by atoms with E-state index in [-0.39, 0.29) is 24.2 Å². The van der Waals surface area contributed by atoms with E-state index in [4.69, 9.17) is 10.5 Å². The van der Waals surface area contributed by atoms with Gasteiger partial charge in [-0.15, -0.1) is 0 Å². The fourth-order valence-corrected chi connectivity index (χ4v) is 3.16. The first-order valence-corrected chi connectivity index (χ1v) is 8.91. The molecule has 2 atom stereocenters. The summed E-state index contributed by atoms with van der Waals surface area (Å²) in [5, 5.41) is 23.1. The number of carboxylic acid groups (broad SMARTS) is 1. The van der Waals surface area contributed by atoms with Gasteiger partial charge >= 0.3 is 5.97 Å². The number of β-amino-alcohol motifs (C(OH)–C–C–N with tert-alkyl or cyclic N) is 1. The number of para-hydroxylation sites is 2. The van der Waals surface area contributed by atoms with Crippen LogP contribution in [0.25, 0.3) is 0 Å². The van der Waals surface area contributed by atoms with Crippen molar-refractivity contribution in [2.24, 2.45) is 5.73 Å². The van der Waals surface area contributed by atoms with Gasteiger partial charge in [-0.3, -0.25) is 0 Å². The molecule has 2 unspecified atom stereocenters. The number of nitrogens with zero attached hydrogens (tertiary/aromatic N) is 2. The molecular weight excluding hydrogens is 348 g/mol. The summed E-state index contributed by atoms with van der Waals surface area (Å²) in [5.74, 6) is -1.12. The number of carbonyl (C=O) groups is 1. The summed E-state index contributed by atoms with van der Waals surface area (Å²) in [6.45, 7) is 0.889. The van der Waals surface area contributed by atoms with Crippen LogP contribution in [0.5, 0.6) is 5.88 Å². The molecule has 2 heterocycles. The summed E-state index contributed by atoms with van der Waals surface area (Å²) in [7, 11) is 0. The Bertz CT molecular complexity index is 786. The quantitative estimate of drug-likeness (QED) is 0.523. The van der Waals surface area contributed by atoms with Gasteiger partial charge in [-0.25, -0.2) is 9.78 Å². The number of anilines is 2. The zero-order valence-corrected chi connectivity index (χ0v) is 14.9. The molecule has 1 aliphatic rings. The Morgan fingerprint density at radius 2 is 2.15 bits per heavy atom. The Morgan fingerprint density at radius 1 is 1.33 bits per heavy atom. The van der Waals surface area contributed by atoms with E-state index in [1.54, 1.807) is 0 Å². The van der Waals surface area contributed by atoms with Crippen LogP contribution >= 0.6 is 0 Å². The normalized spacial score (nSPS) is 16.5. The van der Waals surface area contributed by atoms with E-state index in [0.29, 0.717) is 13.1 Å². The summed E-state index contributed by atoms with van der Waals surface area (Å²) in [5.41, 5.74) is 7.64. The summed E-state index contributed by atoms with van der Waals surface area (Å²) in [6.07, 6.45) is 2.40. The Morgan fingerprint density at radius 3 is 2.93 bits per heavy atom. The van der Waals surface area contributed by atoms with Crippen molar-refractivity contribution < 1.29 is 19.7 Å². The lowest BCUT2D eigenvalue weighted by atomic mass is 10.2. The summed E-state index contributed by atoms with van der Waals surface area (Å²) in [6, 6.07) is 10.9. The van der Waals surface area contributed by atoms with Crippen LogP contribution in [-0.4, -0.2) is 53.1 Å². The molecule has 2 aromatic rings. The number of carboxylic acids is 1. The Kier molecular flexibility index (Phi) is 6.10. The predicted octanol–water partition coefficient (Wildman–Crippen LogP) is 1.52. The maximum Gasteiger partial charge on any atom is 0.341 e. The largest absolute Gasteiger partial charge is 0.477 e. The third-order valence-electron chi connectivity index (χ3n) is 4.41. The van der Waals surface area contributed by atoms with E-state index in [9.17, 15) is 15.0 Å². The van der Waals surface area contributed by atoms with Gasteiger partial charge in [-0.05, 0) is 43.7 Å². The van der Waals surface area contributed by atoms with Crippen LogP contribution in [0.3, 0.4) is 0 Å². The maximum absolute atomic E-state index is 11.2. The fraction of sp³-hybridized carbons (Fsp3) is 0.368. The van der Waals surface area contributed by atoms with Crippen LogP contribution in [0, 0.1) is 0 Å². The minimum atomic E-state index is -1.12. The van der Waals surface area contributed by atoms with Crippen molar-refractivity contribution in [1.29, 1.82) is 0 Å². The molecule has 144 valence electrons. The SMILES string of the molecule is NCCCC1Nc2ccccc2N1CC(O)COc1ncccc1C(=O)O. The first kappa shape index (κ1) is 18.9. The van der Waals surface area contributed by atoms with Gasteiger partial charge in [0.1, 0.15) is 18.3 Å². The Labute approximate surface area is 157 Å². The highest BCUT2D eigenvalue weighted by atomic mass is 16.5. The highest BCUT2D eigenvalue weighted by Crippen LogP contribution is 2.35. The number of fused-ring (bicyclic) bond motifs is 1. The number of hydrogen-bond acceptors (Lipinski definition) is 7. The number of aromatic nitrogens is 1. The van der Waals surface area contributed by atoms with Crippen molar-refractivity contribution >= 4 is 17.3 Å². The lowest BCUT2D eigenvalue weighted by Crippen LogP contribution is -2.42. The van der Waals surface area contributed by atoms with Crippen molar-refractivity contribution in [3.63, 3.8) is 0 Å². The van der Waals surface area contributed by atoms with Crippen molar-refractivity contribution in [2.75, 3.05) is 29.9 Å². The van der Waals surface area contributed by atoms with Crippen molar-refractivity contribution in [3.8, 4) is 5.88 Å². The van der Waals surface area contributed by atoms with Crippen LogP contribution in [0.1, 0.15) is 23.2 Å². The van der Waals surface area contributed by atoms with Crippen molar-refractivity contribution in [2.45, 2.75) is 25.1 Å². The number of pyridine rings is 1. The van der Waals surface area contributed by atoms with Gasteiger partial charge in [-0.1, -0.05) is 12.1 Å². The highest BCUT2D eigenvalue weighted by molar-refractivity contribution is 5.90. The van der Waals surface area contributed by atoms with E-state index in [0.717, 1.165) is 24.2 Å². The van der Waals surface area contributed by atoms with Gasteiger partial charge in [0.2, 0.25) is 5.88 Å². The third-order valence-corrected chi connectivity index (χ3v) is 4.41. The van der Waals surface area contributed by atoms with Gasteiger partial charge in [0, 0.05) is 12.7 Å². The summed E-state index contributed by atoms with van der Waals surface area (Å²) in [4.78, 5) is 17.3. The van der Waals surface area contributed by atoms with E-state index in [1.807, 2.05) is 24.3 Å². The van der Waals surface area contributed by atoms with E-state index in [1.165, 1.54) is 18.3 Å². The molecule has 1 aromatic heterocycles. The van der Waals surface area contributed by atoms with E-state index >= 15 is 0 Å². The molecule has 0 radical (unpaired) electrons. The summed E-state index contributed by atoms with van der Waals surface area (Å²) >= 11 is 0. The molecule has 0 spiro atoms. The van der Waals surface area contributed by atoms with Gasteiger partial charge in [-0.2, -0.15) is 0 Å². The molecule has 0 fully saturated rings. The molecule has 8 heteroatoms. The average molecular weight is 372 g/mol. The minimum Gasteiger partial charge on any atom is -0.477 e. The molecule has 3 rings (SSSR count). The predicted molar refractivity (Wildman–Crippen MR) is 102 cm³/mol. The topological polar surface area (TPSA) is 121 Å². The van der Waals surface area contributed by atoms with Gasteiger partial charge in [0.15, 0.2) is 0 Å². The number of hydrogen-bond donors (Lipinski definition) is 4. The molecule has 0 aliphatic carbocycles. The number of nitrogens with two attached hydrogens (primary N) is 1. The number of nitrogens with one attached hydrogen (secondary N) is 1. The van der Waals surface area contributed by atoms with Crippen LogP contribution in [-0.2, 0) is 0 Å². The van der Waals surface area contributed by atoms with Crippen LogP contribution in [0.2, 0.25) is 0 Å². The van der Waals surface area contributed by atoms with Crippen LogP contribution < -0.4 is 20.7 Å². The Balaban J connectivity index is 1.65. The van der Waals surface area contributed by atoms with E-state index in [2.05, 4.69) is 15.2 Å². The lowest BCUT2D eigenvalue weighted by molar-refractivity contribution is 0.0681. The van der Waals surface area contributed by atoms with Crippen LogP contribution in [0.4, 0.5) is 11.4 Å². The first-order valence-electron chi connectivity index (χ1n) is 8.91. The third kappa shape index (κ3) is 4.47. The second kappa shape index (κ2) is 8.70. The molecular formula is C19H24N4O4. The maximum atomic E-state index is 11.2. The first-order chi connectivity index (χ1) is 13.1. The van der Waals surface area contributed by atoms with Gasteiger partial charge < -0.3 is 30.9 Å². The molecule has 8 nitrogen and oxygen atoms in total. The fourth-order valence-electron chi connectivity index (χ4n) is 3.16. The highest BCUT2D eigenvalue weighted by Gasteiger charge is 2.29. The van der Waals surface area contributed by atoms with Crippen molar-refractivity contribution in [1.82, 2.24) is 4.98 Å². The van der Waals surface area contributed by atoms with Crippen molar-refractivity contribution in [3.05, 3.63) is 48.2 Å². The molecule has 1 aromatic carbocycles. The number of ether oxygens (including phenoxy) is 1. The van der Waals surface area contributed by atoms with Crippen LogP contribution in [0.15, 0.2) is 42.6 Å². The number of aliphatic hydroxyl groups excluding tert-OH is 1. The lowest BCUT2D eigenvalue weighted by Gasteiger charge is -2.29. The number of aromatic carboxylic acids is 1. The number of benzene rings is 1. The molecule has 1 aliphatic heterocycles. The molecule has 27 heavy (non-hydrogen) atoms. The smallest absolute Gasteiger partial charge is 0.341 e. The van der Waals surface area contributed by atoms with Gasteiger partial charge in [0.05, 0.1) is 17.5 Å². The second-order valence-corrected chi connectivity index (χ2v) is 6.39. The molecule has 0 saturated heterocycles. The molecule has 0 amide bonds. The summed E-state index contributed by atoms with van der Waals surface area (Å²) < 4.78 is 5.47. The standard InChI is InChI=1S/C19H24N4O4/c20-9-3-8-17-22-15-6-1-2-7-16(15)23(17)11-13(24)12-27-18-14(19(25)26)5-4-10-21-18/h1-2,4-7,10,13,17,22,24H,3,8-9,11-12,20H2,(H,25,26).